The molecule has 0 saturated carbocycles. The van der Waals surface area contributed by atoms with Gasteiger partial charge in [-0.05, 0) is 60.9 Å². The largest absolute Gasteiger partial charge is 0.494 e. The number of ketones is 1. The van der Waals surface area contributed by atoms with Gasteiger partial charge in [-0.25, -0.2) is 9.36 Å². The molecule has 5 rings (SSSR count). The number of thiophene rings is 1. The number of benzene rings is 3. The molecule has 2 heterocycles. The van der Waals surface area contributed by atoms with Gasteiger partial charge in [-0.2, -0.15) is 0 Å². The number of nitrogens with one attached hydrogen (secondary N) is 1. The Kier molecular flexibility index (Phi) is 9.11. The lowest BCUT2D eigenvalue weighted by Gasteiger charge is -2.08. The number of fused-ring (bicyclic) bond motifs is 1. The summed E-state index contributed by atoms with van der Waals surface area (Å²) >= 11 is 1.32. The minimum Gasteiger partial charge on any atom is -0.494 e. The van der Waals surface area contributed by atoms with Crippen LogP contribution in [0.2, 0.25) is 0 Å². The molecule has 3 aromatic carbocycles. The van der Waals surface area contributed by atoms with Gasteiger partial charge in [0.15, 0.2) is 0 Å². The lowest BCUT2D eigenvalue weighted by molar-refractivity contribution is 0.0950. The summed E-state index contributed by atoms with van der Waals surface area (Å²) in [5.74, 6) is -1.05. The third-order valence-electron chi connectivity index (χ3n) is 6.73. The predicted octanol–water partition coefficient (Wildman–Crippen LogP) is 6.43. The van der Waals surface area contributed by atoms with Gasteiger partial charge in [0.05, 0.1) is 16.0 Å². The predicted molar refractivity (Wildman–Crippen MR) is 162 cm³/mol. The van der Waals surface area contributed by atoms with E-state index in [1.54, 1.807) is 49.6 Å². The van der Waals surface area contributed by atoms with Gasteiger partial charge in [-0.1, -0.05) is 48.5 Å². The van der Waals surface area contributed by atoms with Crippen LogP contribution in [0.15, 0.2) is 91.0 Å². The van der Waals surface area contributed by atoms with Gasteiger partial charge < -0.3 is 19.9 Å². The summed E-state index contributed by atoms with van der Waals surface area (Å²) in [7, 11) is 1.63. The van der Waals surface area contributed by atoms with Crippen LogP contribution < -0.4 is 10.1 Å². The zero-order chi connectivity index (χ0) is 29.5. The number of nitrogens with zero attached hydrogens (tertiary/aromatic N) is 1. The smallest absolute Gasteiger partial charge is 0.426 e. The molecule has 0 saturated heterocycles. The van der Waals surface area contributed by atoms with Crippen LogP contribution in [0.5, 0.6) is 11.6 Å². The normalized spacial score (nSPS) is 11.0. The van der Waals surface area contributed by atoms with Crippen LogP contribution in [0.4, 0.5) is 4.79 Å². The zero-order valence-electron chi connectivity index (χ0n) is 23.0. The molecule has 0 atom stereocenters. The first-order chi connectivity index (χ1) is 20.5. The molecule has 0 aliphatic carbocycles. The van der Waals surface area contributed by atoms with Crippen LogP contribution in [0.25, 0.3) is 10.9 Å². The molecule has 0 radical (unpaired) electrons. The average Bonchev–Trinajstić information content (AvgIpc) is 3.58. The van der Waals surface area contributed by atoms with Crippen molar-refractivity contribution in [3.05, 3.63) is 117 Å². The molecular formula is C33H30N2O6S. The Hall–Kier alpha value is -4.73. The van der Waals surface area contributed by atoms with Crippen molar-refractivity contribution >= 4 is 40.0 Å². The molecule has 42 heavy (non-hydrogen) atoms. The summed E-state index contributed by atoms with van der Waals surface area (Å²) in [6, 6.07) is 26.6. The number of aromatic hydroxyl groups is 1. The van der Waals surface area contributed by atoms with Crippen molar-refractivity contribution in [3.63, 3.8) is 0 Å². The lowest BCUT2D eigenvalue weighted by Crippen LogP contribution is -2.24. The number of unbranched alkanes of at least 4 members (excludes halogenated alkanes) is 1. The summed E-state index contributed by atoms with van der Waals surface area (Å²) in [4.78, 5) is 41.4. The van der Waals surface area contributed by atoms with Gasteiger partial charge in [-0.3, -0.25) is 9.59 Å². The SMILES string of the molecule is COCCCCNC(=O)c1ccc2c(c1)c(C(=O)c1ccc(Cc3ccccc3)s1)c(O)n2C(=O)Oc1ccccc1. The van der Waals surface area contributed by atoms with Crippen molar-refractivity contribution in [2.24, 2.45) is 0 Å². The molecule has 0 aliphatic rings. The number of methoxy groups -OCH3 is 1. The second-order valence-corrected chi connectivity index (χ2v) is 10.8. The first-order valence-electron chi connectivity index (χ1n) is 13.6. The van der Waals surface area contributed by atoms with E-state index in [4.69, 9.17) is 9.47 Å². The zero-order valence-corrected chi connectivity index (χ0v) is 23.9. The van der Waals surface area contributed by atoms with Crippen LogP contribution in [0, 0.1) is 0 Å². The van der Waals surface area contributed by atoms with E-state index in [1.807, 2.05) is 36.4 Å². The Labute approximate surface area is 247 Å². The van der Waals surface area contributed by atoms with Crippen molar-refractivity contribution in [1.29, 1.82) is 0 Å². The number of amides is 1. The molecule has 5 aromatic rings. The second-order valence-electron chi connectivity index (χ2n) is 9.66. The van der Waals surface area contributed by atoms with Crippen LogP contribution in [-0.2, 0) is 11.2 Å². The average molecular weight is 583 g/mol. The fourth-order valence-corrected chi connectivity index (χ4v) is 5.64. The Bertz CT molecular complexity index is 1710. The van der Waals surface area contributed by atoms with Crippen molar-refractivity contribution in [3.8, 4) is 11.6 Å². The van der Waals surface area contributed by atoms with Crippen LogP contribution in [0.1, 0.15) is 48.9 Å². The number of hydrogen-bond donors (Lipinski definition) is 2. The van der Waals surface area contributed by atoms with E-state index in [9.17, 15) is 19.5 Å². The summed E-state index contributed by atoms with van der Waals surface area (Å²) in [6.45, 7) is 1.07. The Morgan fingerprint density at radius 1 is 0.905 bits per heavy atom. The van der Waals surface area contributed by atoms with Crippen molar-refractivity contribution in [2.75, 3.05) is 20.3 Å². The molecular weight excluding hydrogens is 552 g/mol. The molecule has 0 unspecified atom stereocenters. The van der Waals surface area contributed by atoms with E-state index < -0.39 is 17.8 Å². The maximum atomic E-state index is 13.9. The summed E-state index contributed by atoms with van der Waals surface area (Å²) in [6.07, 6.45) is 1.33. The highest BCUT2D eigenvalue weighted by atomic mass is 32.1. The molecule has 0 aliphatic heterocycles. The molecule has 1 amide bonds. The third-order valence-corrected chi connectivity index (χ3v) is 7.81. The van der Waals surface area contributed by atoms with E-state index in [0.29, 0.717) is 30.0 Å². The summed E-state index contributed by atoms with van der Waals surface area (Å²) in [5, 5.41) is 14.5. The van der Waals surface area contributed by atoms with Gasteiger partial charge in [0.2, 0.25) is 11.7 Å². The Balaban J connectivity index is 1.50. The molecule has 0 spiro atoms. The molecule has 2 N–H and O–H groups in total. The van der Waals surface area contributed by atoms with Crippen molar-refractivity contribution in [2.45, 2.75) is 19.3 Å². The van der Waals surface area contributed by atoms with Crippen molar-refractivity contribution in [1.82, 2.24) is 9.88 Å². The van der Waals surface area contributed by atoms with Crippen molar-refractivity contribution < 1.29 is 29.0 Å². The maximum Gasteiger partial charge on any atom is 0.426 e. The van der Waals surface area contributed by atoms with E-state index in [-0.39, 0.29) is 28.1 Å². The summed E-state index contributed by atoms with van der Waals surface area (Å²) in [5.41, 5.74) is 1.58. The number of hydrogen-bond acceptors (Lipinski definition) is 7. The lowest BCUT2D eigenvalue weighted by atomic mass is 10.0. The highest BCUT2D eigenvalue weighted by Crippen LogP contribution is 2.36. The number of rotatable bonds is 11. The number of ether oxygens (including phenoxy) is 2. The standard InChI is InChI=1S/C33H30N2O6S/c1-40-19-9-8-18-34-31(37)23-14-16-27-26(21-23)29(32(38)35(27)33(39)41-24-12-6-3-7-13-24)30(36)28-17-15-25(42-28)20-22-10-4-2-5-11-22/h2-7,10-17,21,38H,8-9,18-20H2,1H3,(H,34,37). The molecule has 214 valence electrons. The minimum absolute atomic E-state index is 0.0714. The van der Waals surface area contributed by atoms with E-state index in [0.717, 1.165) is 27.8 Å². The second kappa shape index (κ2) is 13.3. The first kappa shape index (κ1) is 28.8. The highest BCUT2D eigenvalue weighted by Gasteiger charge is 2.29. The monoisotopic (exact) mass is 582 g/mol. The van der Waals surface area contributed by atoms with Gasteiger partial charge in [0, 0.05) is 42.5 Å². The number of para-hydroxylation sites is 1. The quantitative estimate of drug-likeness (QED) is 0.137. The molecule has 0 bridgehead atoms. The molecule has 8 nitrogen and oxygen atoms in total. The third kappa shape index (κ3) is 6.43. The first-order valence-corrected chi connectivity index (χ1v) is 14.4. The van der Waals surface area contributed by atoms with Gasteiger partial charge >= 0.3 is 6.09 Å². The van der Waals surface area contributed by atoms with Crippen LogP contribution in [-0.4, -0.2) is 47.7 Å². The topological polar surface area (TPSA) is 107 Å². The summed E-state index contributed by atoms with van der Waals surface area (Å²) < 4.78 is 11.5. The Morgan fingerprint density at radius 3 is 2.38 bits per heavy atom. The number of carbonyl (C=O) groups is 3. The maximum absolute atomic E-state index is 13.9. The van der Waals surface area contributed by atoms with Gasteiger partial charge in [0.25, 0.3) is 5.91 Å². The van der Waals surface area contributed by atoms with Gasteiger partial charge in [-0.15, -0.1) is 11.3 Å². The number of carbonyl (C=O) groups excluding carboxylic acids is 3. The van der Waals surface area contributed by atoms with Gasteiger partial charge in [0.1, 0.15) is 5.75 Å². The van der Waals surface area contributed by atoms with E-state index in [2.05, 4.69) is 5.32 Å². The fraction of sp³-hybridized carbons (Fsp3) is 0.182. The fourth-order valence-electron chi connectivity index (χ4n) is 4.65. The number of aromatic nitrogens is 1. The van der Waals surface area contributed by atoms with E-state index >= 15 is 0 Å². The molecule has 0 fully saturated rings. The van der Waals surface area contributed by atoms with Crippen LogP contribution in [0.3, 0.4) is 0 Å². The minimum atomic E-state index is -0.881. The highest BCUT2D eigenvalue weighted by molar-refractivity contribution is 7.14. The molecule has 9 heteroatoms. The Morgan fingerprint density at radius 2 is 1.64 bits per heavy atom. The molecule has 2 aromatic heterocycles. The van der Waals surface area contributed by atoms with E-state index in [1.165, 1.54) is 23.5 Å². The van der Waals surface area contributed by atoms with Crippen LogP contribution >= 0.6 is 11.3 Å².